The number of benzene rings is 1. The molecule has 0 fully saturated rings. The number of phenolic OH excluding ortho intramolecular Hbond substituents is 1. The van der Waals surface area contributed by atoms with Gasteiger partial charge in [-0.05, 0) is 26.0 Å². The Hall–Kier alpha value is -0.290. The van der Waals surface area contributed by atoms with Crippen LogP contribution >= 0.6 is 27.5 Å². The molecule has 0 aliphatic rings. The van der Waals surface area contributed by atoms with Crippen molar-refractivity contribution in [2.75, 3.05) is 6.54 Å². The number of aliphatic hydroxyl groups excluding tert-OH is 1. The molecule has 3 N–H and O–H groups in total. The molecule has 3 nitrogen and oxygen atoms in total. The zero-order valence-electron chi connectivity index (χ0n) is 9.17. The van der Waals surface area contributed by atoms with Crippen LogP contribution in [0, 0.1) is 0 Å². The van der Waals surface area contributed by atoms with Gasteiger partial charge in [0.2, 0.25) is 0 Å². The maximum absolute atomic E-state index is 9.80. The molecule has 0 aromatic heterocycles. The highest BCUT2D eigenvalue weighted by atomic mass is 79.9. The molecule has 0 aliphatic carbocycles. The van der Waals surface area contributed by atoms with E-state index in [2.05, 4.69) is 21.2 Å². The second-order valence-corrected chi connectivity index (χ2v) is 5.13. The second kappa shape index (κ2) is 5.87. The van der Waals surface area contributed by atoms with E-state index in [0.29, 0.717) is 17.1 Å². The van der Waals surface area contributed by atoms with E-state index in [1.807, 2.05) is 6.92 Å². The summed E-state index contributed by atoms with van der Waals surface area (Å²) in [6.07, 6.45) is -0.424. The average molecular weight is 309 g/mol. The predicted octanol–water partition coefficient (Wildman–Crippen LogP) is 2.84. The lowest BCUT2D eigenvalue weighted by molar-refractivity contribution is 0.187. The van der Waals surface area contributed by atoms with E-state index in [0.717, 1.165) is 4.47 Å². The molecule has 0 saturated heterocycles. The van der Waals surface area contributed by atoms with E-state index in [4.69, 9.17) is 16.7 Å². The van der Waals surface area contributed by atoms with Crippen LogP contribution < -0.4 is 5.32 Å². The molecule has 0 amide bonds. The van der Waals surface area contributed by atoms with Crippen LogP contribution in [0.2, 0.25) is 5.02 Å². The van der Waals surface area contributed by atoms with Crippen molar-refractivity contribution in [1.82, 2.24) is 5.32 Å². The van der Waals surface area contributed by atoms with Crippen molar-refractivity contribution in [3.05, 3.63) is 27.2 Å². The summed E-state index contributed by atoms with van der Waals surface area (Å²) in [5.41, 5.74) is 0.708. The Morgan fingerprint density at radius 2 is 2.06 bits per heavy atom. The molecule has 0 aliphatic heterocycles. The lowest BCUT2D eigenvalue weighted by Crippen LogP contribution is -2.27. The molecule has 1 aromatic rings. The van der Waals surface area contributed by atoms with Gasteiger partial charge in [-0.25, -0.2) is 0 Å². The second-order valence-electron chi connectivity index (χ2n) is 3.80. The number of halogens is 2. The third kappa shape index (κ3) is 3.63. The quantitative estimate of drug-likeness (QED) is 0.802. The van der Waals surface area contributed by atoms with Crippen LogP contribution in [-0.4, -0.2) is 22.9 Å². The van der Waals surface area contributed by atoms with Crippen molar-refractivity contribution in [3.63, 3.8) is 0 Å². The average Bonchev–Trinajstić information content (AvgIpc) is 2.19. The van der Waals surface area contributed by atoms with E-state index < -0.39 is 6.10 Å². The number of nitrogens with one attached hydrogen (secondary N) is 1. The fourth-order valence-electron chi connectivity index (χ4n) is 1.37. The number of hydrogen-bond acceptors (Lipinski definition) is 3. The highest BCUT2D eigenvalue weighted by Crippen LogP contribution is 2.34. The van der Waals surface area contributed by atoms with Gasteiger partial charge in [0.15, 0.2) is 0 Å². The molecule has 5 heteroatoms. The monoisotopic (exact) mass is 307 g/mol. The summed E-state index contributed by atoms with van der Waals surface area (Å²) in [5.74, 6) is 0.0791. The molecular weight excluding hydrogens is 293 g/mol. The van der Waals surface area contributed by atoms with Crippen LogP contribution in [0.15, 0.2) is 16.6 Å². The molecule has 1 unspecified atom stereocenters. The van der Waals surface area contributed by atoms with E-state index >= 15 is 0 Å². The lowest BCUT2D eigenvalue weighted by atomic mass is 10.1. The van der Waals surface area contributed by atoms with Crippen LogP contribution in [0.4, 0.5) is 0 Å². The molecule has 0 radical (unpaired) electrons. The molecule has 0 saturated carbocycles. The van der Waals surface area contributed by atoms with Crippen LogP contribution in [0.1, 0.15) is 25.5 Å². The fourth-order valence-corrected chi connectivity index (χ4v) is 2.21. The first-order chi connectivity index (χ1) is 7.41. The van der Waals surface area contributed by atoms with E-state index in [9.17, 15) is 5.11 Å². The molecule has 90 valence electrons. The summed E-state index contributed by atoms with van der Waals surface area (Å²) >= 11 is 9.19. The van der Waals surface area contributed by atoms with Gasteiger partial charge in [0, 0.05) is 22.6 Å². The first-order valence-corrected chi connectivity index (χ1v) is 6.18. The van der Waals surface area contributed by atoms with Gasteiger partial charge >= 0.3 is 0 Å². The first-order valence-electron chi connectivity index (χ1n) is 5.01. The van der Waals surface area contributed by atoms with Crippen molar-refractivity contribution in [2.45, 2.75) is 26.0 Å². The third-order valence-electron chi connectivity index (χ3n) is 2.24. The van der Waals surface area contributed by atoms with Crippen molar-refractivity contribution in [1.29, 1.82) is 0 Å². The largest absolute Gasteiger partial charge is 0.506 e. The first kappa shape index (κ1) is 13.8. The molecule has 1 rings (SSSR count). The van der Waals surface area contributed by atoms with Gasteiger partial charge in [0.05, 0.1) is 11.1 Å². The minimum Gasteiger partial charge on any atom is -0.506 e. The van der Waals surface area contributed by atoms with E-state index in [1.54, 1.807) is 19.1 Å². The van der Waals surface area contributed by atoms with Crippen molar-refractivity contribution >= 4 is 27.5 Å². The van der Waals surface area contributed by atoms with Gasteiger partial charge in [-0.3, -0.25) is 0 Å². The van der Waals surface area contributed by atoms with Gasteiger partial charge in [0.25, 0.3) is 0 Å². The smallest absolute Gasteiger partial charge is 0.139 e. The molecule has 2 atom stereocenters. The maximum atomic E-state index is 9.80. The Labute approximate surface area is 109 Å². The van der Waals surface area contributed by atoms with Gasteiger partial charge < -0.3 is 15.5 Å². The zero-order chi connectivity index (χ0) is 12.3. The number of aromatic hydroxyl groups is 1. The predicted molar refractivity (Wildman–Crippen MR) is 68.9 cm³/mol. The van der Waals surface area contributed by atoms with Crippen LogP contribution in [-0.2, 0) is 0 Å². The summed E-state index contributed by atoms with van der Waals surface area (Å²) in [4.78, 5) is 0. The Bertz CT molecular complexity index is 371. The molecule has 0 bridgehead atoms. The summed E-state index contributed by atoms with van der Waals surface area (Å²) in [7, 11) is 0. The molecule has 1 aromatic carbocycles. The van der Waals surface area contributed by atoms with E-state index in [1.165, 1.54) is 0 Å². The summed E-state index contributed by atoms with van der Waals surface area (Å²) in [5, 5.41) is 22.4. The van der Waals surface area contributed by atoms with Crippen LogP contribution in [0.5, 0.6) is 5.75 Å². The van der Waals surface area contributed by atoms with Crippen LogP contribution in [0.3, 0.4) is 0 Å². The van der Waals surface area contributed by atoms with Gasteiger partial charge in [0.1, 0.15) is 5.75 Å². The standard InChI is InChI=1S/C11H15BrClNO2/c1-6(15)5-14-7(2)9-3-8(12)4-10(13)11(9)16/h3-4,6-7,14-16H,5H2,1-2H3/t6-,7?/m1/s1. The molecule has 16 heavy (non-hydrogen) atoms. The zero-order valence-corrected chi connectivity index (χ0v) is 11.5. The number of aliphatic hydroxyl groups is 1. The Morgan fingerprint density at radius 3 is 2.62 bits per heavy atom. The van der Waals surface area contributed by atoms with Crippen molar-refractivity contribution in [2.24, 2.45) is 0 Å². The number of rotatable bonds is 4. The molecule has 0 spiro atoms. The van der Waals surface area contributed by atoms with Crippen molar-refractivity contribution in [3.8, 4) is 5.75 Å². The molecule has 0 heterocycles. The van der Waals surface area contributed by atoms with Gasteiger partial charge in [-0.15, -0.1) is 0 Å². The maximum Gasteiger partial charge on any atom is 0.139 e. The summed E-state index contributed by atoms with van der Waals surface area (Å²) < 4.78 is 0.816. The van der Waals surface area contributed by atoms with Gasteiger partial charge in [-0.1, -0.05) is 27.5 Å². The molecular formula is C11H15BrClNO2. The van der Waals surface area contributed by atoms with E-state index in [-0.39, 0.29) is 11.8 Å². The highest BCUT2D eigenvalue weighted by Gasteiger charge is 2.14. The van der Waals surface area contributed by atoms with Gasteiger partial charge in [-0.2, -0.15) is 0 Å². The Kier molecular flexibility index (Phi) is 5.05. The van der Waals surface area contributed by atoms with Crippen LogP contribution in [0.25, 0.3) is 0 Å². The summed E-state index contributed by atoms with van der Waals surface area (Å²) in [6.45, 7) is 4.07. The topological polar surface area (TPSA) is 52.5 Å². The number of hydrogen-bond donors (Lipinski definition) is 3. The number of phenols is 1. The fraction of sp³-hybridized carbons (Fsp3) is 0.455. The SMILES string of the molecule is CC(NC[C@@H](C)O)c1cc(Br)cc(Cl)c1O. The Balaban J connectivity index is 2.86. The highest BCUT2D eigenvalue weighted by molar-refractivity contribution is 9.10. The van der Waals surface area contributed by atoms with Crippen molar-refractivity contribution < 1.29 is 10.2 Å². The summed E-state index contributed by atoms with van der Waals surface area (Å²) in [6, 6.07) is 3.37. The third-order valence-corrected chi connectivity index (χ3v) is 2.99. The minimum absolute atomic E-state index is 0.0791. The normalized spacial score (nSPS) is 14.8. The Morgan fingerprint density at radius 1 is 1.44 bits per heavy atom. The minimum atomic E-state index is -0.424. The lowest BCUT2D eigenvalue weighted by Gasteiger charge is -2.17.